The highest BCUT2D eigenvalue weighted by Gasteiger charge is 2.51. The lowest BCUT2D eigenvalue weighted by Crippen LogP contribution is -2.61. The van der Waals surface area contributed by atoms with Crippen molar-refractivity contribution in [2.75, 3.05) is 26.1 Å². The standard InChI is InChI=1S/C24H31N3O6/c1-32-21(29)17-8-18(22(30)33-2)10-19(9-17)26-20(28)3-4-25-23(31)27-24-11-14-5-15(12-24)7-16(6-14)13-24/h8-10,14-16H,3-7,11-13H2,1-2H3,(H,26,28)(H2,25,27,31). The largest absolute Gasteiger partial charge is 0.465 e. The van der Waals surface area contributed by atoms with E-state index in [0.29, 0.717) is 0 Å². The molecule has 0 heterocycles. The number of hydrogen-bond donors (Lipinski definition) is 3. The number of methoxy groups -OCH3 is 2. The molecule has 3 N–H and O–H groups in total. The maximum Gasteiger partial charge on any atom is 0.337 e. The fraction of sp³-hybridized carbons (Fsp3) is 0.583. The lowest BCUT2D eigenvalue weighted by molar-refractivity contribution is -0.116. The first-order valence-corrected chi connectivity index (χ1v) is 11.5. The van der Waals surface area contributed by atoms with Gasteiger partial charge in [0.1, 0.15) is 0 Å². The molecule has 0 radical (unpaired) electrons. The molecule has 0 aliphatic heterocycles. The SMILES string of the molecule is COC(=O)c1cc(NC(=O)CCNC(=O)NC23CC4CC(CC(C4)C2)C3)cc(C(=O)OC)c1. The van der Waals surface area contributed by atoms with E-state index in [2.05, 4.69) is 16.0 Å². The van der Waals surface area contributed by atoms with Crippen molar-refractivity contribution in [2.24, 2.45) is 17.8 Å². The van der Waals surface area contributed by atoms with E-state index in [1.807, 2.05) is 0 Å². The zero-order valence-corrected chi connectivity index (χ0v) is 19.1. The maximum absolute atomic E-state index is 12.5. The fourth-order valence-corrected chi connectivity index (χ4v) is 6.23. The smallest absolute Gasteiger partial charge is 0.337 e. The molecule has 0 saturated heterocycles. The number of urea groups is 1. The van der Waals surface area contributed by atoms with Gasteiger partial charge in [0.25, 0.3) is 0 Å². The average Bonchev–Trinajstić information content (AvgIpc) is 2.76. The van der Waals surface area contributed by atoms with E-state index in [0.717, 1.165) is 37.0 Å². The van der Waals surface area contributed by atoms with Crippen molar-refractivity contribution in [3.05, 3.63) is 29.3 Å². The van der Waals surface area contributed by atoms with Gasteiger partial charge in [0.15, 0.2) is 0 Å². The molecule has 0 atom stereocenters. The van der Waals surface area contributed by atoms with Crippen LogP contribution in [0.5, 0.6) is 0 Å². The van der Waals surface area contributed by atoms with E-state index in [1.54, 1.807) is 0 Å². The molecule has 4 fully saturated rings. The van der Waals surface area contributed by atoms with Crippen molar-refractivity contribution in [3.8, 4) is 0 Å². The van der Waals surface area contributed by atoms with Gasteiger partial charge in [0, 0.05) is 24.2 Å². The van der Waals surface area contributed by atoms with Crippen LogP contribution in [0.4, 0.5) is 10.5 Å². The second-order valence-electron chi connectivity index (χ2n) is 9.66. The van der Waals surface area contributed by atoms with Crippen molar-refractivity contribution in [2.45, 2.75) is 50.5 Å². The number of esters is 2. The third-order valence-corrected chi connectivity index (χ3v) is 7.11. The summed E-state index contributed by atoms with van der Waals surface area (Å²) in [5, 5.41) is 8.66. The first-order chi connectivity index (χ1) is 15.8. The molecule has 3 amide bonds. The topological polar surface area (TPSA) is 123 Å². The molecule has 0 aromatic heterocycles. The third kappa shape index (κ3) is 5.29. The Hall–Kier alpha value is -3.10. The van der Waals surface area contributed by atoms with Crippen molar-refractivity contribution in [3.63, 3.8) is 0 Å². The second kappa shape index (κ2) is 9.41. The van der Waals surface area contributed by atoms with Crippen molar-refractivity contribution in [1.29, 1.82) is 0 Å². The van der Waals surface area contributed by atoms with Crippen LogP contribution in [-0.4, -0.2) is 50.2 Å². The van der Waals surface area contributed by atoms with Crippen LogP contribution < -0.4 is 16.0 Å². The van der Waals surface area contributed by atoms with E-state index < -0.39 is 11.9 Å². The monoisotopic (exact) mass is 457 g/mol. The molecule has 1 aromatic carbocycles. The molecule has 0 unspecified atom stereocenters. The zero-order chi connectivity index (χ0) is 23.6. The molecular weight excluding hydrogens is 426 g/mol. The van der Waals surface area contributed by atoms with E-state index in [4.69, 9.17) is 9.47 Å². The first-order valence-electron chi connectivity index (χ1n) is 11.5. The minimum Gasteiger partial charge on any atom is -0.465 e. The molecular formula is C24H31N3O6. The van der Waals surface area contributed by atoms with Gasteiger partial charge in [-0.2, -0.15) is 0 Å². The number of anilines is 1. The van der Waals surface area contributed by atoms with Gasteiger partial charge in [-0.15, -0.1) is 0 Å². The van der Waals surface area contributed by atoms with E-state index in [-0.39, 0.29) is 47.3 Å². The highest BCUT2D eigenvalue weighted by molar-refractivity contribution is 5.99. The van der Waals surface area contributed by atoms with Crippen LogP contribution in [-0.2, 0) is 14.3 Å². The van der Waals surface area contributed by atoms with Crippen LogP contribution in [0.25, 0.3) is 0 Å². The molecule has 9 nitrogen and oxygen atoms in total. The maximum atomic E-state index is 12.5. The number of carbonyl (C=O) groups excluding carboxylic acids is 4. The van der Waals surface area contributed by atoms with E-state index in [9.17, 15) is 19.2 Å². The van der Waals surface area contributed by atoms with Crippen molar-refractivity contribution in [1.82, 2.24) is 10.6 Å². The van der Waals surface area contributed by atoms with Crippen molar-refractivity contribution < 1.29 is 28.7 Å². The molecule has 4 bridgehead atoms. The number of ether oxygens (including phenoxy) is 2. The zero-order valence-electron chi connectivity index (χ0n) is 19.1. The Morgan fingerprint density at radius 1 is 0.879 bits per heavy atom. The third-order valence-electron chi connectivity index (χ3n) is 7.11. The number of rotatable bonds is 7. The summed E-state index contributed by atoms with van der Waals surface area (Å²) in [7, 11) is 2.46. The average molecular weight is 458 g/mol. The molecule has 33 heavy (non-hydrogen) atoms. The molecule has 1 aromatic rings. The Bertz CT molecular complexity index is 890. The summed E-state index contributed by atoms with van der Waals surface area (Å²) in [4.78, 5) is 48.7. The molecule has 4 aliphatic carbocycles. The van der Waals surface area contributed by atoms with Crippen molar-refractivity contribution >= 4 is 29.6 Å². The van der Waals surface area contributed by atoms with Crippen LogP contribution in [0.2, 0.25) is 0 Å². The number of carbonyl (C=O) groups is 4. The highest BCUT2D eigenvalue weighted by Crippen LogP contribution is 2.55. The van der Waals surface area contributed by atoms with Gasteiger partial charge in [-0.25, -0.2) is 14.4 Å². The van der Waals surface area contributed by atoms with Crippen LogP contribution in [0.15, 0.2) is 18.2 Å². The summed E-state index contributed by atoms with van der Waals surface area (Å²) in [6.45, 7) is 0.171. The molecule has 4 saturated carbocycles. The number of nitrogens with one attached hydrogen (secondary N) is 3. The van der Waals surface area contributed by atoms with Gasteiger partial charge < -0.3 is 25.4 Å². The molecule has 0 spiro atoms. The predicted octanol–water partition coefficient (Wildman–Crippen LogP) is 2.86. The Labute approximate surface area is 193 Å². The van der Waals surface area contributed by atoms with Gasteiger partial charge in [-0.3, -0.25) is 4.79 Å². The fourth-order valence-electron chi connectivity index (χ4n) is 6.23. The van der Waals surface area contributed by atoms with E-state index in [1.165, 1.54) is 51.7 Å². The normalized spacial score (nSPS) is 26.9. The van der Waals surface area contributed by atoms with E-state index >= 15 is 0 Å². The number of hydrogen-bond acceptors (Lipinski definition) is 6. The van der Waals surface area contributed by atoms with Gasteiger partial charge in [-0.1, -0.05) is 0 Å². The minimum absolute atomic E-state index is 0.0459. The summed E-state index contributed by atoms with van der Waals surface area (Å²) >= 11 is 0. The highest BCUT2D eigenvalue weighted by atomic mass is 16.5. The Morgan fingerprint density at radius 2 is 1.39 bits per heavy atom. The molecule has 9 heteroatoms. The molecule has 4 aliphatic rings. The Balaban J connectivity index is 1.28. The van der Waals surface area contributed by atoms with Gasteiger partial charge in [0.2, 0.25) is 5.91 Å². The Morgan fingerprint density at radius 3 is 1.88 bits per heavy atom. The summed E-state index contributed by atoms with van der Waals surface area (Å²) in [6.07, 6.45) is 7.14. The summed E-state index contributed by atoms with van der Waals surface area (Å²) in [6, 6.07) is 3.95. The summed E-state index contributed by atoms with van der Waals surface area (Å²) in [5.74, 6) is 0.565. The minimum atomic E-state index is -0.640. The lowest BCUT2D eigenvalue weighted by Gasteiger charge is -2.56. The quantitative estimate of drug-likeness (QED) is 0.541. The van der Waals surface area contributed by atoms with Crippen LogP contribution in [0, 0.1) is 17.8 Å². The Kier molecular flexibility index (Phi) is 6.58. The van der Waals surface area contributed by atoms with Gasteiger partial charge in [-0.05, 0) is 74.5 Å². The first kappa shape index (κ1) is 23.1. The predicted molar refractivity (Wildman–Crippen MR) is 120 cm³/mol. The summed E-state index contributed by atoms with van der Waals surface area (Å²) in [5.41, 5.74) is 0.411. The number of amides is 3. The summed E-state index contributed by atoms with van der Waals surface area (Å²) < 4.78 is 9.39. The molecule has 5 rings (SSSR count). The number of benzene rings is 1. The van der Waals surface area contributed by atoms with Gasteiger partial charge >= 0.3 is 18.0 Å². The van der Waals surface area contributed by atoms with Crippen LogP contribution in [0.1, 0.15) is 65.7 Å². The van der Waals surface area contributed by atoms with Crippen LogP contribution >= 0.6 is 0 Å². The van der Waals surface area contributed by atoms with Crippen LogP contribution in [0.3, 0.4) is 0 Å². The second-order valence-corrected chi connectivity index (χ2v) is 9.66. The molecule has 178 valence electrons. The lowest BCUT2D eigenvalue weighted by atomic mass is 9.53. The van der Waals surface area contributed by atoms with Gasteiger partial charge in [0.05, 0.1) is 25.3 Å².